The van der Waals surface area contributed by atoms with Gasteiger partial charge >= 0.3 is 0 Å². The van der Waals surface area contributed by atoms with E-state index in [4.69, 9.17) is 4.74 Å². The molecular weight excluding hydrogens is 457 g/mol. The zero-order chi connectivity index (χ0) is 18.9. The molecule has 0 radical (unpaired) electrons. The lowest BCUT2D eigenvalue weighted by molar-refractivity contribution is -0.127. The number of benzene rings is 1. The van der Waals surface area contributed by atoms with Gasteiger partial charge in [-0.05, 0) is 31.4 Å². The lowest BCUT2D eigenvalue weighted by Crippen LogP contribution is -2.41. The minimum Gasteiger partial charge on any atom is -0.495 e. The minimum atomic E-state index is -0.00887. The van der Waals surface area contributed by atoms with Gasteiger partial charge in [-0.3, -0.25) is 4.79 Å². The largest absolute Gasteiger partial charge is 0.495 e. The van der Waals surface area contributed by atoms with E-state index in [-0.39, 0.29) is 36.4 Å². The molecule has 1 aliphatic heterocycles. The Bertz CT molecular complexity index is 624. The number of anilines is 1. The van der Waals surface area contributed by atoms with Gasteiger partial charge in [0.2, 0.25) is 5.91 Å². The van der Waals surface area contributed by atoms with Crippen molar-refractivity contribution in [1.29, 1.82) is 0 Å². The van der Waals surface area contributed by atoms with E-state index < -0.39 is 0 Å². The van der Waals surface area contributed by atoms with Crippen LogP contribution in [-0.4, -0.2) is 70.7 Å². The fourth-order valence-electron chi connectivity index (χ4n) is 2.98. The number of amides is 1. The number of ether oxygens (including phenoxy) is 1. The first-order valence-corrected chi connectivity index (χ1v) is 9.15. The molecule has 0 aliphatic carbocycles. The summed E-state index contributed by atoms with van der Waals surface area (Å²) in [5.41, 5.74) is 1.15. The van der Waals surface area contributed by atoms with Gasteiger partial charge in [-0.25, -0.2) is 4.99 Å². The third-order valence-electron chi connectivity index (χ3n) is 4.49. The highest BCUT2D eigenvalue weighted by Gasteiger charge is 2.24. The molecule has 7 nitrogen and oxygen atoms in total. The molecule has 0 spiro atoms. The monoisotopic (exact) mass is 489 g/mol. The Labute approximate surface area is 179 Å². The maximum absolute atomic E-state index is 11.7. The van der Waals surface area contributed by atoms with Gasteiger partial charge < -0.3 is 25.2 Å². The lowest BCUT2D eigenvalue weighted by Gasteiger charge is -2.21. The molecule has 0 saturated carbocycles. The molecule has 0 aromatic heterocycles. The minimum absolute atomic E-state index is 0. The SMILES string of the molecule is CCNC(=NCC(=O)N(C)C)NCC1CCN(c2ccccc2OC)C1.I. The number of nitrogens with zero attached hydrogens (tertiary/aromatic N) is 3. The molecule has 0 bridgehead atoms. The summed E-state index contributed by atoms with van der Waals surface area (Å²) in [4.78, 5) is 20.0. The summed E-state index contributed by atoms with van der Waals surface area (Å²) in [5, 5.41) is 6.56. The molecule has 152 valence electrons. The standard InChI is InChI=1S/C19H31N5O2.HI/c1-5-20-19(22-13-18(25)23(2)3)21-12-15-10-11-24(14-15)16-8-6-7-9-17(16)26-4;/h6-9,15H,5,10-14H2,1-4H3,(H2,20,21,22);1H. The smallest absolute Gasteiger partial charge is 0.243 e. The number of para-hydroxylation sites is 2. The molecule has 1 atom stereocenters. The number of methoxy groups -OCH3 is 1. The van der Waals surface area contributed by atoms with Crippen LogP contribution in [0.4, 0.5) is 5.69 Å². The zero-order valence-electron chi connectivity index (χ0n) is 16.7. The summed E-state index contributed by atoms with van der Waals surface area (Å²) in [5.74, 6) is 2.12. The van der Waals surface area contributed by atoms with Gasteiger partial charge in [0, 0.05) is 40.3 Å². The van der Waals surface area contributed by atoms with Gasteiger partial charge in [0.15, 0.2) is 5.96 Å². The van der Waals surface area contributed by atoms with Crippen molar-refractivity contribution in [3.05, 3.63) is 24.3 Å². The Morgan fingerprint density at radius 3 is 2.74 bits per heavy atom. The second-order valence-electron chi connectivity index (χ2n) is 6.64. The van der Waals surface area contributed by atoms with Gasteiger partial charge in [0.1, 0.15) is 12.3 Å². The Kier molecular flexibility index (Phi) is 10.3. The summed E-state index contributed by atoms with van der Waals surface area (Å²) < 4.78 is 5.47. The first-order valence-electron chi connectivity index (χ1n) is 9.15. The van der Waals surface area contributed by atoms with E-state index in [0.29, 0.717) is 11.9 Å². The highest BCUT2D eigenvalue weighted by molar-refractivity contribution is 14.0. The summed E-state index contributed by atoms with van der Waals surface area (Å²) in [6.07, 6.45) is 1.11. The molecule has 27 heavy (non-hydrogen) atoms. The van der Waals surface area contributed by atoms with Crippen LogP contribution in [0.25, 0.3) is 0 Å². The summed E-state index contributed by atoms with van der Waals surface area (Å²) in [7, 11) is 5.19. The van der Waals surface area contributed by atoms with Crippen LogP contribution in [0.3, 0.4) is 0 Å². The predicted molar refractivity (Wildman–Crippen MR) is 121 cm³/mol. The topological polar surface area (TPSA) is 69.2 Å². The van der Waals surface area contributed by atoms with E-state index in [9.17, 15) is 4.79 Å². The van der Waals surface area contributed by atoms with Gasteiger partial charge in [-0.1, -0.05) is 12.1 Å². The van der Waals surface area contributed by atoms with E-state index in [1.807, 2.05) is 25.1 Å². The number of hydrogen-bond acceptors (Lipinski definition) is 4. The normalized spacial score (nSPS) is 16.5. The van der Waals surface area contributed by atoms with Crippen LogP contribution < -0.4 is 20.3 Å². The van der Waals surface area contributed by atoms with Crippen LogP contribution in [0.5, 0.6) is 5.75 Å². The Balaban J connectivity index is 0.00000364. The molecule has 1 unspecified atom stereocenters. The Morgan fingerprint density at radius 1 is 1.33 bits per heavy atom. The summed E-state index contributed by atoms with van der Waals surface area (Å²) >= 11 is 0. The molecule has 1 saturated heterocycles. The van der Waals surface area contributed by atoms with Crippen molar-refractivity contribution < 1.29 is 9.53 Å². The number of guanidine groups is 1. The molecule has 8 heteroatoms. The number of rotatable bonds is 7. The fraction of sp³-hybridized carbons (Fsp3) is 0.579. The first-order chi connectivity index (χ1) is 12.5. The van der Waals surface area contributed by atoms with Crippen LogP contribution >= 0.6 is 24.0 Å². The molecular formula is C19H32IN5O2. The van der Waals surface area contributed by atoms with Crippen LogP contribution in [0.2, 0.25) is 0 Å². The number of nitrogens with one attached hydrogen (secondary N) is 2. The van der Waals surface area contributed by atoms with E-state index in [0.717, 1.165) is 44.0 Å². The molecule has 1 fully saturated rings. The van der Waals surface area contributed by atoms with Crippen molar-refractivity contribution in [2.45, 2.75) is 13.3 Å². The van der Waals surface area contributed by atoms with E-state index >= 15 is 0 Å². The number of carbonyl (C=O) groups excluding carboxylic acids is 1. The van der Waals surface area contributed by atoms with Crippen molar-refractivity contribution in [1.82, 2.24) is 15.5 Å². The quantitative estimate of drug-likeness (QED) is 0.347. The van der Waals surface area contributed by atoms with E-state index in [2.05, 4.69) is 26.6 Å². The van der Waals surface area contributed by atoms with Crippen molar-refractivity contribution in [3.8, 4) is 5.75 Å². The first kappa shape index (κ1) is 23.3. The highest BCUT2D eigenvalue weighted by atomic mass is 127. The maximum atomic E-state index is 11.7. The molecule has 2 N–H and O–H groups in total. The second kappa shape index (κ2) is 11.9. The third kappa shape index (κ3) is 7.08. The number of aliphatic imine (C=N–C) groups is 1. The third-order valence-corrected chi connectivity index (χ3v) is 4.49. The van der Waals surface area contributed by atoms with Crippen molar-refractivity contribution >= 4 is 41.5 Å². The van der Waals surface area contributed by atoms with Crippen LogP contribution in [0.15, 0.2) is 29.3 Å². The number of carbonyl (C=O) groups is 1. The molecule has 1 aromatic rings. The van der Waals surface area contributed by atoms with Crippen LogP contribution in [0, 0.1) is 5.92 Å². The van der Waals surface area contributed by atoms with Crippen molar-refractivity contribution in [2.24, 2.45) is 10.9 Å². The number of hydrogen-bond donors (Lipinski definition) is 2. The molecule has 2 rings (SSSR count). The lowest BCUT2D eigenvalue weighted by atomic mass is 10.1. The summed E-state index contributed by atoms with van der Waals surface area (Å²) in [6.45, 7) is 5.75. The Hall–Kier alpha value is -1.71. The number of halogens is 1. The molecule has 1 heterocycles. The zero-order valence-corrected chi connectivity index (χ0v) is 19.0. The fourth-order valence-corrected chi connectivity index (χ4v) is 2.98. The van der Waals surface area contributed by atoms with Gasteiger partial charge in [-0.2, -0.15) is 0 Å². The average Bonchev–Trinajstić information content (AvgIpc) is 3.12. The Morgan fingerprint density at radius 2 is 2.07 bits per heavy atom. The average molecular weight is 489 g/mol. The van der Waals surface area contributed by atoms with Crippen molar-refractivity contribution in [3.63, 3.8) is 0 Å². The molecule has 1 aliphatic rings. The second-order valence-corrected chi connectivity index (χ2v) is 6.64. The molecule has 1 amide bonds. The number of likely N-dealkylation sites (N-methyl/N-ethyl adjacent to an activating group) is 1. The van der Waals surface area contributed by atoms with Gasteiger partial charge in [0.25, 0.3) is 0 Å². The molecule has 1 aromatic carbocycles. The van der Waals surface area contributed by atoms with E-state index in [1.165, 1.54) is 0 Å². The van der Waals surface area contributed by atoms with Crippen LogP contribution in [0.1, 0.15) is 13.3 Å². The predicted octanol–water partition coefficient (Wildman–Crippen LogP) is 1.78. The van der Waals surface area contributed by atoms with Gasteiger partial charge in [-0.15, -0.1) is 24.0 Å². The summed E-state index contributed by atoms with van der Waals surface area (Å²) in [6, 6.07) is 8.14. The van der Waals surface area contributed by atoms with Crippen molar-refractivity contribution in [2.75, 3.05) is 58.8 Å². The maximum Gasteiger partial charge on any atom is 0.243 e. The van der Waals surface area contributed by atoms with Crippen LogP contribution in [-0.2, 0) is 4.79 Å². The van der Waals surface area contributed by atoms with Gasteiger partial charge in [0.05, 0.1) is 12.8 Å². The highest BCUT2D eigenvalue weighted by Crippen LogP contribution is 2.31. The van der Waals surface area contributed by atoms with E-state index in [1.54, 1.807) is 26.1 Å².